The lowest BCUT2D eigenvalue weighted by atomic mass is 9.89. The summed E-state index contributed by atoms with van der Waals surface area (Å²) in [5, 5.41) is 7.02. The Kier molecular flexibility index (Phi) is 3.66. The van der Waals surface area contributed by atoms with E-state index in [0.717, 1.165) is 25.7 Å². The summed E-state index contributed by atoms with van der Waals surface area (Å²) in [6.45, 7) is 7.69. The Morgan fingerprint density at radius 2 is 2.19 bits per heavy atom. The van der Waals surface area contributed by atoms with Crippen molar-refractivity contribution in [3.8, 4) is 0 Å². The lowest BCUT2D eigenvalue weighted by Gasteiger charge is -2.24. The number of hydrogen-bond acceptors (Lipinski definition) is 2. The second-order valence-corrected chi connectivity index (χ2v) is 5.37. The molecule has 3 heteroatoms. The fourth-order valence-electron chi connectivity index (χ4n) is 1.90. The second-order valence-electron chi connectivity index (χ2n) is 5.37. The quantitative estimate of drug-likeness (QED) is 0.613. The summed E-state index contributed by atoms with van der Waals surface area (Å²) in [7, 11) is 0. The minimum Gasteiger partial charge on any atom is -0.365 e. The van der Waals surface area contributed by atoms with Crippen molar-refractivity contribution < 1.29 is 0 Å². The van der Waals surface area contributed by atoms with Crippen molar-refractivity contribution in [2.24, 2.45) is 0 Å². The third kappa shape index (κ3) is 3.35. The van der Waals surface area contributed by atoms with Crippen LogP contribution in [-0.2, 0) is 5.41 Å². The van der Waals surface area contributed by atoms with E-state index in [-0.39, 0.29) is 5.41 Å². The van der Waals surface area contributed by atoms with Crippen molar-refractivity contribution in [3.63, 3.8) is 0 Å². The molecular weight excluding hydrogens is 198 g/mol. The molecule has 1 heterocycles. The standard InChI is InChI=1S/C13H23N3/c1-13(2,12-4-3-7-16-12)10-14-8-9-15-11-5-6-11/h3-4,7,11,14-16H,5-6,8-10H2,1-2H3. The molecule has 1 aromatic rings. The van der Waals surface area contributed by atoms with Crippen molar-refractivity contribution in [2.45, 2.75) is 38.1 Å². The smallest absolute Gasteiger partial charge is 0.0217 e. The maximum atomic E-state index is 3.51. The lowest BCUT2D eigenvalue weighted by Crippen LogP contribution is -2.37. The molecule has 1 aliphatic rings. The molecule has 0 unspecified atom stereocenters. The van der Waals surface area contributed by atoms with E-state index >= 15 is 0 Å². The summed E-state index contributed by atoms with van der Waals surface area (Å²) >= 11 is 0. The maximum absolute atomic E-state index is 3.51. The van der Waals surface area contributed by atoms with Crippen LogP contribution in [0, 0.1) is 0 Å². The molecule has 1 aliphatic carbocycles. The first kappa shape index (κ1) is 11.7. The molecule has 0 amide bonds. The van der Waals surface area contributed by atoms with Crippen LogP contribution >= 0.6 is 0 Å². The van der Waals surface area contributed by atoms with Gasteiger partial charge < -0.3 is 15.6 Å². The Labute approximate surface area is 98.0 Å². The minimum absolute atomic E-state index is 0.184. The Morgan fingerprint density at radius 3 is 2.81 bits per heavy atom. The molecular formula is C13H23N3. The van der Waals surface area contributed by atoms with Gasteiger partial charge in [0.05, 0.1) is 0 Å². The topological polar surface area (TPSA) is 39.8 Å². The Morgan fingerprint density at radius 1 is 1.38 bits per heavy atom. The molecule has 0 aromatic carbocycles. The van der Waals surface area contributed by atoms with Crippen LogP contribution in [0.1, 0.15) is 32.4 Å². The molecule has 1 saturated carbocycles. The fourth-order valence-corrected chi connectivity index (χ4v) is 1.90. The summed E-state index contributed by atoms with van der Waals surface area (Å²) in [4.78, 5) is 3.29. The van der Waals surface area contributed by atoms with Gasteiger partial charge in [0.2, 0.25) is 0 Å². The Balaban J connectivity index is 1.63. The van der Waals surface area contributed by atoms with Gasteiger partial charge in [-0.2, -0.15) is 0 Å². The molecule has 0 spiro atoms. The highest BCUT2D eigenvalue weighted by Crippen LogP contribution is 2.20. The number of nitrogens with one attached hydrogen (secondary N) is 3. The van der Waals surface area contributed by atoms with Crippen LogP contribution < -0.4 is 10.6 Å². The third-order valence-corrected chi connectivity index (χ3v) is 3.21. The van der Waals surface area contributed by atoms with Gasteiger partial charge in [-0.05, 0) is 25.0 Å². The van der Waals surface area contributed by atoms with Gasteiger partial charge in [-0.15, -0.1) is 0 Å². The van der Waals surface area contributed by atoms with E-state index in [9.17, 15) is 0 Å². The summed E-state index contributed by atoms with van der Waals surface area (Å²) in [6.07, 6.45) is 4.73. The van der Waals surface area contributed by atoms with Crippen LogP contribution in [0.3, 0.4) is 0 Å². The maximum Gasteiger partial charge on any atom is 0.0217 e. The monoisotopic (exact) mass is 221 g/mol. The minimum atomic E-state index is 0.184. The van der Waals surface area contributed by atoms with Crippen molar-refractivity contribution in [3.05, 3.63) is 24.0 Å². The second kappa shape index (κ2) is 5.02. The van der Waals surface area contributed by atoms with Crippen molar-refractivity contribution in [1.82, 2.24) is 15.6 Å². The predicted molar refractivity (Wildman–Crippen MR) is 67.7 cm³/mol. The zero-order valence-electron chi connectivity index (χ0n) is 10.3. The molecule has 1 fully saturated rings. The number of rotatable bonds is 7. The van der Waals surface area contributed by atoms with Gasteiger partial charge in [0.15, 0.2) is 0 Å². The van der Waals surface area contributed by atoms with E-state index in [1.165, 1.54) is 18.5 Å². The summed E-state index contributed by atoms with van der Waals surface area (Å²) in [5.74, 6) is 0. The van der Waals surface area contributed by atoms with E-state index in [2.05, 4.69) is 41.6 Å². The van der Waals surface area contributed by atoms with Gasteiger partial charge >= 0.3 is 0 Å². The molecule has 3 nitrogen and oxygen atoms in total. The summed E-state index contributed by atoms with van der Waals surface area (Å²) < 4.78 is 0. The molecule has 0 aliphatic heterocycles. The molecule has 2 rings (SSSR count). The zero-order valence-corrected chi connectivity index (χ0v) is 10.3. The first-order valence-corrected chi connectivity index (χ1v) is 6.26. The average molecular weight is 221 g/mol. The molecule has 16 heavy (non-hydrogen) atoms. The average Bonchev–Trinajstić information content (AvgIpc) is 2.89. The highest BCUT2D eigenvalue weighted by Gasteiger charge is 2.21. The van der Waals surface area contributed by atoms with E-state index in [1.54, 1.807) is 0 Å². The number of hydrogen-bond donors (Lipinski definition) is 3. The van der Waals surface area contributed by atoms with Crippen molar-refractivity contribution >= 4 is 0 Å². The predicted octanol–water partition coefficient (Wildman–Crippen LogP) is 1.63. The molecule has 0 radical (unpaired) electrons. The first-order valence-electron chi connectivity index (χ1n) is 6.26. The molecule has 3 N–H and O–H groups in total. The molecule has 90 valence electrons. The number of aromatic nitrogens is 1. The molecule has 0 saturated heterocycles. The van der Waals surface area contributed by atoms with Crippen LogP contribution in [0.5, 0.6) is 0 Å². The highest BCUT2D eigenvalue weighted by atomic mass is 15.0. The van der Waals surface area contributed by atoms with Crippen LogP contribution in [0.2, 0.25) is 0 Å². The van der Waals surface area contributed by atoms with Crippen molar-refractivity contribution in [2.75, 3.05) is 19.6 Å². The number of H-pyrrole nitrogens is 1. The van der Waals surface area contributed by atoms with E-state index in [1.807, 2.05) is 6.20 Å². The Hall–Kier alpha value is -0.800. The van der Waals surface area contributed by atoms with Gasteiger partial charge in [0.25, 0.3) is 0 Å². The first-order chi connectivity index (χ1) is 7.68. The molecule has 0 bridgehead atoms. The summed E-state index contributed by atoms with van der Waals surface area (Å²) in [6, 6.07) is 5.04. The van der Waals surface area contributed by atoms with Crippen LogP contribution in [0.15, 0.2) is 18.3 Å². The lowest BCUT2D eigenvalue weighted by molar-refractivity contribution is 0.455. The normalized spacial score (nSPS) is 16.6. The largest absolute Gasteiger partial charge is 0.365 e. The van der Waals surface area contributed by atoms with Gasteiger partial charge in [-0.3, -0.25) is 0 Å². The SMILES string of the molecule is CC(C)(CNCCNC1CC1)c1ccc[nH]1. The molecule has 1 aromatic heterocycles. The van der Waals surface area contributed by atoms with Gasteiger partial charge in [0.1, 0.15) is 0 Å². The van der Waals surface area contributed by atoms with E-state index < -0.39 is 0 Å². The van der Waals surface area contributed by atoms with Gasteiger partial charge in [0, 0.05) is 43.0 Å². The van der Waals surface area contributed by atoms with Crippen molar-refractivity contribution in [1.29, 1.82) is 0 Å². The van der Waals surface area contributed by atoms with Gasteiger partial charge in [-0.25, -0.2) is 0 Å². The third-order valence-electron chi connectivity index (χ3n) is 3.21. The highest BCUT2D eigenvalue weighted by molar-refractivity contribution is 5.15. The van der Waals surface area contributed by atoms with Crippen LogP contribution in [-0.4, -0.2) is 30.7 Å². The fraction of sp³-hybridized carbons (Fsp3) is 0.692. The van der Waals surface area contributed by atoms with Crippen LogP contribution in [0.25, 0.3) is 0 Å². The molecule has 0 atom stereocenters. The summed E-state index contributed by atoms with van der Waals surface area (Å²) in [5.41, 5.74) is 1.48. The zero-order chi connectivity index (χ0) is 11.4. The number of aromatic amines is 1. The Bertz CT molecular complexity index is 299. The van der Waals surface area contributed by atoms with E-state index in [0.29, 0.717) is 0 Å². The van der Waals surface area contributed by atoms with E-state index in [4.69, 9.17) is 0 Å². The van der Waals surface area contributed by atoms with Gasteiger partial charge in [-0.1, -0.05) is 13.8 Å². The van der Waals surface area contributed by atoms with Crippen LogP contribution in [0.4, 0.5) is 0 Å².